The largest absolute Gasteiger partial charge is 0.320 e. The fourth-order valence-corrected chi connectivity index (χ4v) is 2.76. The standard InChI is InChI=1S/C13H14ClNS/c1-8-3-4-10(14)7-12(8)13(15)11-5-6-16-9(11)2/h3-7,13H,15H2,1-2H3. The molecule has 1 heterocycles. The minimum absolute atomic E-state index is 0.0788. The molecule has 0 bridgehead atoms. The molecule has 0 aliphatic carbocycles. The summed E-state index contributed by atoms with van der Waals surface area (Å²) in [7, 11) is 0. The van der Waals surface area contributed by atoms with Crippen molar-refractivity contribution >= 4 is 22.9 Å². The summed E-state index contributed by atoms with van der Waals surface area (Å²) in [5.41, 5.74) is 9.76. The highest BCUT2D eigenvalue weighted by Gasteiger charge is 2.14. The van der Waals surface area contributed by atoms with Crippen LogP contribution >= 0.6 is 22.9 Å². The highest BCUT2D eigenvalue weighted by Crippen LogP contribution is 2.29. The van der Waals surface area contributed by atoms with E-state index in [0.29, 0.717) is 0 Å². The zero-order valence-electron chi connectivity index (χ0n) is 9.33. The number of hydrogen-bond donors (Lipinski definition) is 1. The predicted molar refractivity (Wildman–Crippen MR) is 71.3 cm³/mol. The van der Waals surface area contributed by atoms with Crippen LogP contribution in [0.4, 0.5) is 0 Å². The maximum absolute atomic E-state index is 6.28. The molecule has 0 saturated heterocycles. The Balaban J connectivity index is 2.45. The molecular formula is C13H14ClNS. The molecule has 84 valence electrons. The van der Waals surface area contributed by atoms with Gasteiger partial charge in [0.05, 0.1) is 6.04 Å². The van der Waals surface area contributed by atoms with Gasteiger partial charge in [0.15, 0.2) is 0 Å². The molecule has 0 aliphatic rings. The van der Waals surface area contributed by atoms with E-state index in [-0.39, 0.29) is 6.04 Å². The molecule has 1 atom stereocenters. The molecule has 2 rings (SSSR count). The Hall–Kier alpha value is -0.830. The van der Waals surface area contributed by atoms with Crippen LogP contribution in [0.3, 0.4) is 0 Å². The second-order valence-electron chi connectivity index (χ2n) is 3.91. The van der Waals surface area contributed by atoms with Gasteiger partial charge in [-0.15, -0.1) is 11.3 Å². The van der Waals surface area contributed by atoms with Crippen molar-refractivity contribution in [1.82, 2.24) is 0 Å². The first-order valence-electron chi connectivity index (χ1n) is 5.15. The first kappa shape index (κ1) is 11.6. The highest BCUT2D eigenvalue weighted by atomic mass is 35.5. The Labute approximate surface area is 105 Å². The van der Waals surface area contributed by atoms with Crippen LogP contribution in [-0.2, 0) is 0 Å². The second-order valence-corrected chi connectivity index (χ2v) is 5.47. The average Bonchev–Trinajstić information content (AvgIpc) is 2.67. The van der Waals surface area contributed by atoms with E-state index in [2.05, 4.69) is 25.3 Å². The minimum Gasteiger partial charge on any atom is -0.320 e. The maximum Gasteiger partial charge on any atom is 0.0565 e. The summed E-state index contributed by atoms with van der Waals surface area (Å²) in [5, 5.41) is 2.81. The molecule has 0 aliphatic heterocycles. The lowest BCUT2D eigenvalue weighted by molar-refractivity contribution is 0.860. The smallest absolute Gasteiger partial charge is 0.0565 e. The van der Waals surface area contributed by atoms with Crippen molar-refractivity contribution in [3.8, 4) is 0 Å². The van der Waals surface area contributed by atoms with Gasteiger partial charge in [-0.3, -0.25) is 0 Å². The molecular weight excluding hydrogens is 238 g/mol. The summed E-state index contributed by atoms with van der Waals surface area (Å²) in [4.78, 5) is 1.27. The Kier molecular flexibility index (Phi) is 3.33. The van der Waals surface area contributed by atoms with Crippen LogP contribution in [0, 0.1) is 13.8 Å². The highest BCUT2D eigenvalue weighted by molar-refractivity contribution is 7.10. The van der Waals surface area contributed by atoms with Crippen molar-refractivity contribution in [2.45, 2.75) is 19.9 Å². The molecule has 0 amide bonds. The summed E-state index contributed by atoms with van der Waals surface area (Å²) in [6.07, 6.45) is 0. The van der Waals surface area contributed by atoms with Gasteiger partial charge in [-0.05, 0) is 54.1 Å². The first-order chi connectivity index (χ1) is 7.59. The Morgan fingerprint density at radius 3 is 2.56 bits per heavy atom. The summed E-state index contributed by atoms with van der Waals surface area (Å²) < 4.78 is 0. The van der Waals surface area contributed by atoms with Gasteiger partial charge in [0, 0.05) is 9.90 Å². The third-order valence-electron chi connectivity index (χ3n) is 2.81. The Morgan fingerprint density at radius 2 is 1.94 bits per heavy atom. The topological polar surface area (TPSA) is 26.0 Å². The zero-order chi connectivity index (χ0) is 11.7. The van der Waals surface area contributed by atoms with Crippen LogP contribution in [0.5, 0.6) is 0 Å². The second kappa shape index (κ2) is 4.58. The van der Waals surface area contributed by atoms with E-state index < -0.39 is 0 Å². The van der Waals surface area contributed by atoms with Crippen LogP contribution in [0.15, 0.2) is 29.6 Å². The van der Waals surface area contributed by atoms with Crippen LogP contribution < -0.4 is 5.73 Å². The minimum atomic E-state index is -0.0788. The number of rotatable bonds is 2. The zero-order valence-corrected chi connectivity index (χ0v) is 10.9. The summed E-state index contributed by atoms with van der Waals surface area (Å²) in [6, 6.07) is 7.88. The molecule has 2 N–H and O–H groups in total. The van der Waals surface area contributed by atoms with E-state index in [1.165, 1.54) is 16.0 Å². The fraction of sp³-hybridized carbons (Fsp3) is 0.231. The van der Waals surface area contributed by atoms with Gasteiger partial charge in [-0.1, -0.05) is 17.7 Å². The van der Waals surface area contributed by atoms with E-state index in [9.17, 15) is 0 Å². The van der Waals surface area contributed by atoms with Crippen molar-refractivity contribution < 1.29 is 0 Å². The molecule has 0 spiro atoms. The molecule has 2 aromatic rings. The molecule has 0 radical (unpaired) electrons. The fourth-order valence-electron chi connectivity index (χ4n) is 1.83. The summed E-state index contributed by atoms with van der Waals surface area (Å²) >= 11 is 7.73. The van der Waals surface area contributed by atoms with Gasteiger partial charge in [-0.25, -0.2) is 0 Å². The molecule has 0 saturated carbocycles. The number of hydrogen-bond acceptors (Lipinski definition) is 2. The monoisotopic (exact) mass is 251 g/mol. The Bertz CT molecular complexity index is 504. The van der Waals surface area contributed by atoms with Crippen molar-refractivity contribution in [3.05, 3.63) is 56.2 Å². The number of aryl methyl sites for hydroxylation is 2. The van der Waals surface area contributed by atoms with Crippen molar-refractivity contribution in [2.24, 2.45) is 5.73 Å². The van der Waals surface area contributed by atoms with Gasteiger partial charge >= 0.3 is 0 Å². The maximum atomic E-state index is 6.28. The molecule has 3 heteroatoms. The van der Waals surface area contributed by atoms with Crippen molar-refractivity contribution in [3.63, 3.8) is 0 Å². The van der Waals surface area contributed by atoms with Gasteiger partial charge in [0.25, 0.3) is 0 Å². The number of nitrogens with two attached hydrogens (primary N) is 1. The van der Waals surface area contributed by atoms with Crippen LogP contribution in [0.2, 0.25) is 5.02 Å². The first-order valence-corrected chi connectivity index (χ1v) is 6.41. The van der Waals surface area contributed by atoms with Gasteiger partial charge in [0.1, 0.15) is 0 Å². The normalized spacial score (nSPS) is 12.8. The molecule has 16 heavy (non-hydrogen) atoms. The quantitative estimate of drug-likeness (QED) is 0.856. The van der Waals surface area contributed by atoms with E-state index in [1.807, 2.05) is 18.2 Å². The third-order valence-corrected chi connectivity index (χ3v) is 3.91. The van der Waals surface area contributed by atoms with E-state index in [0.717, 1.165) is 10.6 Å². The number of benzene rings is 1. The van der Waals surface area contributed by atoms with Gasteiger partial charge < -0.3 is 5.73 Å². The number of halogens is 1. The van der Waals surface area contributed by atoms with Crippen molar-refractivity contribution in [2.75, 3.05) is 0 Å². The van der Waals surface area contributed by atoms with Crippen LogP contribution in [0.1, 0.15) is 27.6 Å². The summed E-state index contributed by atoms with van der Waals surface area (Å²) in [5.74, 6) is 0. The number of thiophene rings is 1. The van der Waals surface area contributed by atoms with Gasteiger partial charge in [0.2, 0.25) is 0 Å². The van der Waals surface area contributed by atoms with E-state index >= 15 is 0 Å². The molecule has 1 aromatic heterocycles. The lowest BCUT2D eigenvalue weighted by Gasteiger charge is -2.15. The summed E-state index contributed by atoms with van der Waals surface area (Å²) in [6.45, 7) is 4.16. The molecule has 1 aromatic carbocycles. The Morgan fingerprint density at radius 1 is 1.19 bits per heavy atom. The van der Waals surface area contributed by atoms with Crippen LogP contribution in [-0.4, -0.2) is 0 Å². The van der Waals surface area contributed by atoms with Crippen LogP contribution in [0.25, 0.3) is 0 Å². The predicted octanol–water partition coefficient (Wildman–Crippen LogP) is 4.07. The lowest BCUT2D eigenvalue weighted by Crippen LogP contribution is -2.13. The van der Waals surface area contributed by atoms with Gasteiger partial charge in [-0.2, -0.15) is 0 Å². The lowest BCUT2D eigenvalue weighted by atomic mass is 9.96. The SMILES string of the molecule is Cc1ccc(Cl)cc1C(N)c1ccsc1C. The molecule has 1 nitrogen and oxygen atoms in total. The third kappa shape index (κ3) is 2.14. The van der Waals surface area contributed by atoms with E-state index in [4.69, 9.17) is 17.3 Å². The molecule has 1 unspecified atom stereocenters. The van der Waals surface area contributed by atoms with Crippen molar-refractivity contribution in [1.29, 1.82) is 0 Å². The average molecular weight is 252 g/mol. The molecule has 0 fully saturated rings. The van der Waals surface area contributed by atoms with E-state index in [1.54, 1.807) is 11.3 Å².